The first-order valence-electron chi connectivity index (χ1n) is 3.07. The lowest BCUT2D eigenvalue weighted by Crippen LogP contribution is -1.98. The molecular weight excluding hydrogens is 140 g/mol. The first-order chi connectivity index (χ1) is 5.31. The van der Waals surface area contributed by atoms with E-state index in [0.29, 0.717) is 0 Å². The molecule has 58 valence electrons. The Kier molecular flexibility index (Phi) is 5.44. The lowest BCUT2D eigenvalue weighted by Gasteiger charge is -1.73. The number of pyridine rings is 1. The molecule has 1 heterocycles. The normalized spacial score (nSPS) is 6.64. The van der Waals surface area contributed by atoms with Gasteiger partial charge in [0.15, 0.2) is 0 Å². The smallest absolute Gasteiger partial charge is 0.247 e. The van der Waals surface area contributed by atoms with Crippen molar-refractivity contribution in [2.75, 3.05) is 0 Å². The van der Waals surface area contributed by atoms with Gasteiger partial charge in [0.25, 0.3) is 0 Å². The Morgan fingerprint density at radius 1 is 1.55 bits per heavy atom. The molecule has 0 aliphatic carbocycles. The van der Waals surface area contributed by atoms with Crippen molar-refractivity contribution < 1.29 is 0 Å². The second-order valence-electron chi connectivity index (χ2n) is 1.62. The fourth-order valence-corrected chi connectivity index (χ4v) is 0.377. The Labute approximate surface area is 65.3 Å². The maximum Gasteiger partial charge on any atom is 0.247 e. The summed E-state index contributed by atoms with van der Waals surface area (Å²) < 4.78 is 0. The van der Waals surface area contributed by atoms with Gasteiger partial charge in [0.2, 0.25) is 5.56 Å². The van der Waals surface area contributed by atoms with Crippen molar-refractivity contribution in [1.29, 1.82) is 0 Å². The zero-order valence-corrected chi connectivity index (χ0v) is 6.29. The van der Waals surface area contributed by atoms with Gasteiger partial charge in [-0.3, -0.25) is 4.79 Å². The summed E-state index contributed by atoms with van der Waals surface area (Å²) in [6.45, 7) is 1.69. The summed E-state index contributed by atoms with van der Waals surface area (Å²) in [5, 5.41) is 0. The summed E-state index contributed by atoms with van der Waals surface area (Å²) in [6.07, 6.45) is 1.60. The van der Waals surface area contributed by atoms with Crippen LogP contribution < -0.4 is 11.3 Å². The van der Waals surface area contributed by atoms with Gasteiger partial charge in [-0.25, -0.2) is 0 Å². The average molecular weight is 150 g/mol. The van der Waals surface area contributed by atoms with Gasteiger partial charge in [0.1, 0.15) is 0 Å². The van der Waals surface area contributed by atoms with E-state index in [1.807, 2.05) is 0 Å². The molecule has 3 nitrogen and oxygen atoms in total. The molecule has 0 amide bonds. The number of aromatic nitrogens is 1. The van der Waals surface area contributed by atoms with Gasteiger partial charge < -0.3 is 10.7 Å². The molecule has 0 fully saturated rings. The topological polar surface area (TPSA) is 58.9 Å². The van der Waals surface area contributed by atoms with Crippen molar-refractivity contribution in [1.82, 2.24) is 4.98 Å². The Balaban J connectivity index is 0.000000218. The number of hydrogen-bond donors (Lipinski definition) is 2. The molecule has 0 spiro atoms. The van der Waals surface area contributed by atoms with E-state index in [4.69, 9.17) is 0 Å². The Bertz CT molecular complexity index is 269. The molecule has 0 aromatic carbocycles. The fraction of sp³-hybridized carbons (Fsp3) is 0.125. The van der Waals surface area contributed by atoms with E-state index in [0.717, 1.165) is 0 Å². The third-order valence-electron chi connectivity index (χ3n) is 0.825. The van der Waals surface area contributed by atoms with Gasteiger partial charge in [0.05, 0.1) is 0 Å². The largest absolute Gasteiger partial charge is 0.359 e. The maximum atomic E-state index is 10.2. The van der Waals surface area contributed by atoms with E-state index in [2.05, 4.69) is 22.7 Å². The average Bonchev–Trinajstić information content (AvgIpc) is 2.07. The van der Waals surface area contributed by atoms with Gasteiger partial charge in [-0.1, -0.05) is 12.0 Å². The molecule has 0 bridgehead atoms. The first-order valence-corrected chi connectivity index (χ1v) is 3.07. The summed E-state index contributed by atoms with van der Waals surface area (Å²) in [7, 11) is 0. The number of nitrogens with one attached hydrogen (secondary N) is 1. The highest BCUT2D eigenvalue weighted by Gasteiger charge is 1.69. The molecule has 0 unspecified atom stereocenters. The standard InChI is InChI=1S/C5H5NO.C3H5N/c7-5-3-1-2-4-6-5;1-2-3-4/h1-4H,(H,6,7);4H2,1H3. The molecule has 0 aliphatic heterocycles. The lowest BCUT2D eigenvalue weighted by molar-refractivity contribution is 1.24. The van der Waals surface area contributed by atoms with Crippen molar-refractivity contribution in [3.8, 4) is 12.0 Å². The van der Waals surface area contributed by atoms with Crippen LogP contribution in [0, 0.1) is 12.0 Å². The number of hydrogen-bond acceptors (Lipinski definition) is 2. The molecule has 1 aromatic heterocycles. The zero-order chi connectivity index (χ0) is 8.53. The number of aromatic amines is 1. The van der Waals surface area contributed by atoms with Crippen LogP contribution in [0.15, 0.2) is 29.2 Å². The minimum Gasteiger partial charge on any atom is -0.359 e. The molecule has 3 N–H and O–H groups in total. The first kappa shape index (κ1) is 9.31. The molecule has 0 saturated heterocycles. The van der Waals surface area contributed by atoms with Crippen molar-refractivity contribution >= 4 is 0 Å². The van der Waals surface area contributed by atoms with E-state index in [1.54, 1.807) is 25.3 Å². The number of H-pyrrole nitrogens is 1. The summed E-state index contributed by atoms with van der Waals surface area (Å²) in [6, 6.07) is 7.11. The fourth-order valence-electron chi connectivity index (χ4n) is 0.377. The van der Waals surface area contributed by atoms with E-state index in [1.165, 1.54) is 6.07 Å². The minimum absolute atomic E-state index is 0.0532. The Morgan fingerprint density at radius 3 is 2.36 bits per heavy atom. The van der Waals surface area contributed by atoms with Crippen LogP contribution >= 0.6 is 0 Å². The molecule has 0 atom stereocenters. The highest BCUT2D eigenvalue weighted by atomic mass is 16.1. The zero-order valence-electron chi connectivity index (χ0n) is 6.29. The highest BCUT2D eigenvalue weighted by Crippen LogP contribution is 1.67. The van der Waals surface area contributed by atoms with Crippen molar-refractivity contribution in [2.45, 2.75) is 6.92 Å². The van der Waals surface area contributed by atoms with Crippen LogP contribution in [0.5, 0.6) is 0 Å². The van der Waals surface area contributed by atoms with Crippen molar-refractivity contribution in [2.24, 2.45) is 5.73 Å². The second kappa shape index (κ2) is 6.43. The van der Waals surface area contributed by atoms with Gasteiger partial charge in [-0.05, 0) is 13.0 Å². The van der Waals surface area contributed by atoms with Crippen LogP contribution in [0.25, 0.3) is 0 Å². The molecule has 1 aromatic rings. The third-order valence-corrected chi connectivity index (χ3v) is 0.825. The second-order valence-corrected chi connectivity index (χ2v) is 1.62. The molecule has 0 aliphatic rings. The number of nitrogens with two attached hydrogens (primary N) is 1. The van der Waals surface area contributed by atoms with Crippen LogP contribution in [0.4, 0.5) is 0 Å². The van der Waals surface area contributed by atoms with Crippen LogP contribution in [-0.4, -0.2) is 4.98 Å². The van der Waals surface area contributed by atoms with E-state index in [9.17, 15) is 4.79 Å². The Hall–Kier alpha value is -1.69. The predicted octanol–water partition coefficient (Wildman–Crippen LogP) is 0.301. The SMILES string of the molecule is CC#CN.O=c1cccc[nH]1. The van der Waals surface area contributed by atoms with E-state index >= 15 is 0 Å². The van der Waals surface area contributed by atoms with Gasteiger partial charge >= 0.3 is 0 Å². The summed E-state index contributed by atoms with van der Waals surface area (Å²) >= 11 is 0. The van der Waals surface area contributed by atoms with Crippen LogP contribution in [0.1, 0.15) is 6.92 Å². The van der Waals surface area contributed by atoms with E-state index < -0.39 is 0 Å². The van der Waals surface area contributed by atoms with Gasteiger partial charge in [-0.2, -0.15) is 0 Å². The molecule has 0 saturated carbocycles. The highest BCUT2D eigenvalue weighted by molar-refractivity contribution is 4.89. The van der Waals surface area contributed by atoms with Crippen molar-refractivity contribution in [3.63, 3.8) is 0 Å². The van der Waals surface area contributed by atoms with E-state index in [-0.39, 0.29) is 5.56 Å². The van der Waals surface area contributed by atoms with Crippen LogP contribution in [0.3, 0.4) is 0 Å². The summed E-state index contributed by atoms with van der Waals surface area (Å²) in [5.41, 5.74) is 4.61. The lowest BCUT2D eigenvalue weighted by atomic mass is 10.5. The number of rotatable bonds is 0. The Morgan fingerprint density at radius 2 is 2.18 bits per heavy atom. The monoisotopic (exact) mass is 150 g/mol. The summed E-state index contributed by atoms with van der Waals surface area (Å²) in [4.78, 5) is 12.7. The van der Waals surface area contributed by atoms with Crippen LogP contribution in [0.2, 0.25) is 0 Å². The van der Waals surface area contributed by atoms with Crippen molar-refractivity contribution in [3.05, 3.63) is 34.7 Å². The third kappa shape index (κ3) is 6.19. The minimum atomic E-state index is -0.0532. The van der Waals surface area contributed by atoms with Gasteiger partial charge in [0, 0.05) is 18.3 Å². The van der Waals surface area contributed by atoms with Gasteiger partial charge in [-0.15, -0.1) is 0 Å². The predicted molar refractivity (Wildman–Crippen MR) is 44.7 cm³/mol. The van der Waals surface area contributed by atoms with Crippen LogP contribution in [-0.2, 0) is 0 Å². The molecule has 3 heteroatoms. The molecule has 11 heavy (non-hydrogen) atoms. The molecule has 1 rings (SSSR count). The quantitative estimate of drug-likeness (QED) is 0.413. The summed E-state index contributed by atoms with van der Waals surface area (Å²) in [5.74, 6) is 2.46. The molecular formula is C8H10N2O. The molecule has 0 radical (unpaired) electrons. The maximum absolute atomic E-state index is 10.2.